The monoisotopic (exact) mass is 876 g/mol. The number of pyridine rings is 1. The van der Waals surface area contributed by atoms with Crippen molar-refractivity contribution in [2.45, 2.75) is 62.7 Å². The van der Waals surface area contributed by atoms with Gasteiger partial charge in [0.15, 0.2) is 11.5 Å². The lowest BCUT2D eigenvalue weighted by Gasteiger charge is -2.34. The number of rotatable bonds is 9. The first-order valence-electron chi connectivity index (χ1n) is 19.0. The second-order valence-electron chi connectivity index (χ2n) is 15.4. The summed E-state index contributed by atoms with van der Waals surface area (Å²) in [6, 6.07) is 7.69. The Hall–Kier alpha value is -5.19. The third-order valence-electron chi connectivity index (χ3n) is 11.1. The number of sulfonamides is 1. The fraction of sp³-hybridized carbons (Fsp3) is 0.400. The molecule has 3 aromatic heterocycles. The molecule has 1 aliphatic heterocycles. The van der Waals surface area contributed by atoms with Gasteiger partial charge in [-0.15, -0.1) is 0 Å². The number of amides is 1. The molecule has 316 valence electrons. The highest BCUT2D eigenvalue weighted by molar-refractivity contribution is 7.92. The van der Waals surface area contributed by atoms with E-state index in [1.165, 1.54) is 17.8 Å². The molecule has 11 nitrogen and oxygen atoms in total. The highest BCUT2D eigenvalue weighted by Crippen LogP contribution is 2.64. The number of benzene rings is 2. The van der Waals surface area contributed by atoms with E-state index in [1.54, 1.807) is 18.2 Å². The Morgan fingerprint density at radius 1 is 1.07 bits per heavy atom. The zero-order chi connectivity index (χ0) is 42.9. The summed E-state index contributed by atoms with van der Waals surface area (Å²) in [4.78, 5) is 18.9. The summed E-state index contributed by atoms with van der Waals surface area (Å²) in [6.45, 7) is 0.432. The van der Waals surface area contributed by atoms with Gasteiger partial charge < -0.3 is 10.6 Å². The summed E-state index contributed by atoms with van der Waals surface area (Å²) in [5, 5.41) is 14.2. The van der Waals surface area contributed by atoms with E-state index in [0.717, 1.165) is 37.8 Å². The van der Waals surface area contributed by atoms with Crippen LogP contribution in [0, 0.1) is 35.3 Å². The van der Waals surface area contributed by atoms with E-state index in [2.05, 4.69) is 37.4 Å². The van der Waals surface area contributed by atoms with E-state index in [4.69, 9.17) is 16.6 Å². The minimum absolute atomic E-state index is 0.00743. The van der Waals surface area contributed by atoms with Gasteiger partial charge in [-0.1, -0.05) is 23.6 Å². The Balaban J connectivity index is 1.27. The van der Waals surface area contributed by atoms with E-state index in [0.29, 0.717) is 33.9 Å². The molecule has 8 rings (SSSR count). The topological polar surface area (TPSA) is 136 Å². The number of nitrogens with zero attached hydrogens (tertiary/aromatic N) is 5. The molecular formula is C40H36ClF7N8O3S. The number of anilines is 1. The maximum Gasteiger partial charge on any atom is 0.435 e. The molecule has 4 atom stereocenters. The average molecular weight is 877 g/mol. The number of carbonyl (C=O) groups excluding carboxylic acids is 1. The van der Waals surface area contributed by atoms with Crippen LogP contribution >= 0.6 is 11.6 Å². The fourth-order valence-corrected chi connectivity index (χ4v) is 9.28. The Morgan fingerprint density at radius 2 is 1.80 bits per heavy atom. The number of carbonyl (C=O) groups is 1. The van der Waals surface area contributed by atoms with Gasteiger partial charge in [-0.05, 0) is 86.4 Å². The van der Waals surface area contributed by atoms with Crippen molar-refractivity contribution in [3.05, 3.63) is 93.0 Å². The quantitative estimate of drug-likeness (QED) is 0.105. The van der Waals surface area contributed by atoms with Crippen molar-refractivity contribution in [2.75, 3.05) is 24.1 Å². The van der Waals surface area contributed by atoms with Crippen LogP contribution in [0.4, 0.5) is 36.6 Å². The minimum Gasteiger partial charge on any atom is -0.346 e. The number of hydrogen-bond donors (Lipinski definition) is 3. The maximum atomic E-state index is 15.7. The minimum atomic E-state index is -5.07. The summed E-state index contributed by atoms with van der Waals surface area (Å²) >= 11 is 6.61. The molecule has 3 aliphatic rings. The van der Waals surface area contributed by atoms with Gasteiger partial charge in [-0.25, -0.2) is 22.2 Å². The number of piperidine rings is 1. The van der Waals surface area contributed by atoms with E-state index >= 15 is 8.78 Å². The number of alkyl halides is 5. The van der Waals surface area contributed by atoms with Crippen LogP contribution in [-0.2, 0) is 46.9 Å². The number of halogens is 8. The molecule has 20 heteroatoms. The lowest BCUT2D eigenvalue weighted by atomic mass is 9.73. The van der Waals surface area contributed by atoms with E-state index < -0.39 is 81.0 Å². The molecule has 2 aromatic carbocycles. The van der Waals surface area contributed by atoms with Crippen LogP contribution in [-0.4, -0.2) is 58.2 Å². The zero-order valence-electron chi connectivity index (χ0n) is 31.9. The van der Waals surface area contributed by atoms with E-state index in [-0.39, 0.29) is 58.4 Å². The van der Waals surface area contributed by atoms with Crippen molar-refractivity contribution in [1.29, 1.82) is 0 Å². The third-order valence-corrected chi connectivity index (χ3v) is 12.0. The molecule has 2 aliphatic carbocycles. The molecule has 0 bridgehead atoms. The molecule has 1 amide bonds. The van der Waals surface area contributed by atoms with Gasteiger partial charge in [0.25, 0.3) is 5.92 Å². The van der Waals surface area contributed by atoms with Crippen LogP contribution in [0.15, 0.2) is 42.5 Å². The largest absolute Gasteiger partial charge is 0.435 e. The first kappa shape index (κ1) is 41.5. The first-order valence-corrected chi connectivity index (χ1v) is 21.2. The zero-order valence-corrected chi connectivity index (χ0v) is 33.5. The molecule has 1 unspecified atom stereocenters. The second-order valence-corrected chi connectivity index (χ2v) is 17.5. The number of aryl methyl sites for hydroxylation is 1. The van der Waals surface area contributed by atoms with Crippen molar-refractivity contribution in [3.63, 3.8) is 0 Å². The van der Waals surface area contributed by atoms with Gasteiger partial charge in [-0.3, -0.25) is 18.9 Å². The SMILES string of the molecule is Cn1nc(NS(C)(=O)=O)c2c(Cl)ccc(-c3ccc(C#CC4CCCNC4)nc3[C@H](Cc3cc(F)cc(F)c3)NC(=O)Cn3nc(C(F)(F)F)c4c3C(F)(F)[C@@H]3CC[C@H]43)c21. The molecule has 0 spiro atoms. The van der Waals surface area contributed by atoms with Crippen molar-refractivity contribution in [1.82, 2.24) is 35.2 Å². The lowest BCUT2D eigenvalue weighted by molar-refractivity contribution is -0.144. The van der Waals surface area contributed by atoms with Gasteiger partial charge in [-0.2, -0.15) is 32.1 Å². The normalized spacial score (nSPS) is 20.1. The highest BCUT2D eigenvalue weighted by Gasteiger charge is 2.63. The van der Waals surface area contributed by atoms with Gasteiger partial charge >= 0.3 is 6.18 Å². The van der Waals surface area contributed by atoms with Gasteiger partial charge in [0.05, 0.1) is 33.9 Å². The fourth-order valence-electron chi connectivity index (χ4n) is 8.55. The van der Waals surface area contributed by atoms with Crippen LogP contribution < -0.4 is 15.4 Å². The smallest absolute Gasteiger partial charge is 0.346 e. The molecule has 0 radical (unpaired) electrons. The number of hydrogen-bond acceptors (Lipinski definition) is 7. The second kappa shape index (κ2) is 15.4. The summed E-state index contributed by atoms with van der Waals surface area (Å²) in [6.07, 6.45) is -2.63. The standard InChI is InChI=1S/C40H36ClF7N8O3S/c1-55-35-26(10-12-29(41)33(35)38(53-55)54-60(2,58)59)25-8-7-24(6-5-20-4-3-13-49-18-20)50-34(25)30(16-21-14-22(42)17-23(43)15-21)51-31(57)19-56-37-32(36(52-56)40(46,47)48)27-9-11-28(27)39(37,44)45/h7-8,10,12,14-15,17,20,27-28,30,49H,3-4,9,11,13,16,18-19H2,1-2H3,(H,51,57)(H,53,54)/t20?,27-,28+,30-/m0/s1. The summed E-state index contributed by atoms with van der Waals surface area (Å²) in [7, 11) is -2.30. The van der Waals surface area contributed by atoms with E-state index in [1.807, 2.05) is 0 Å². The van der Waals surface area contributed by atoms with Crippen molar-refractivity contribution in [3.8, 4) is 23.0 Å². The predicted molar refractivity (Wildman–Crippen MR) is 207 cm³/mol. The molecule has 3 N–H and O–H groups in total. The third kappa shape index (κ3) is 7.92. The number of fused-ring (bicyclic) bond motifs is 4. The van der Waals surface area contributed by atoms with E-state index in [9.17, 15) is 35.2 Å². The Bertz CT molecular complexity index is 2700. The van der Waals surface area contributed by atoms with Crippen molar-refractivity contribution < 1.29 is 43.9 Å². The Kier molecular flexibility index (Phi) is 10.6. The summed E-state index contributed by atoms with van der Waals surface area (Å²) in [5.41, 5.74) is -1.74. The summed E-state index contributed by atoms with van der Waals surface area (Å²) < 4.78 is 132. The molecular weight excluding hydrogens is 841 g/mol. The van der Waals surface area contributed by atoms with Crippen LogP contribution in [0.3, 0.4) is 0 Å². The lowest BCUT2D eigenvalue weighted by Crippen LogP contribution is -2.36. The van der Waals surface area contributed by atoms with Crippen LogP contribution in [0.5, 0.6) is 0 Å². The highest BCUT2D eigenvalue weighted by atomic mass is 35.5. The molecule has 1 saturated carbocycles. The Morgan fingerprint density at radius 3 is 2.45 bits per heavy atom. The van der Waals surface area contributed by atoms with Crippen LogP contribution in [0.25, 0.3) is 22.0 Å². The predicted octanol–water partition coefficient (Wildman–Crippen LogP) is 7.20. The molecule has 5 aromatic rings. The maximum absolute atomic E-state index is 15.7. The molecule has 4 heterocycles. The van der Waals surface area contributed by atoms with Gasteiger partial charge in [0.2, 0.25) is 15.9 Å². The van der Waals surface area contributed by atoms with Crippen molar-refractivity contribution in [2.24, 2.45) is 18.9 Å². The Labute approximate surface area is 344 Å². The average Bonchev–Trinajstić information content (AvgIpc) is 3.71. The van der Waals surface area contributed by atoms with Crippen LogP contribution in [0.1, 0.15) is 71.5 Å². The number of nitrogens with one attached hydrogen (secondary N) is 3. The van der Waals surface area contributed by atoms with Crippen molar-refractivity contribution >= 4 is 44.3 Å². The molecule has 1 saturated heterocycles. The van der Waals surface area contributed by atoms with Gasteiger partial charge in [0.1, 0.15) is 29.6 Å². The van der Waals surface area contributed by atoms with Gasteiger partial charge in [0, 0.05) is 48.2 Å². The number of aromatic nitrogens is 5. The first-order chi connectivity index (χ1) is 28.3. The summed E-state index contributed by atoms with van der Waals surface area (Å²) in [5.74, 6) is -2.85. The molecule has 2 fully saturated rings. The molecule has 60 heavy (non-hydrogen) atoms. The van der Waals surface area contributed by atoms with Crippen LogP contribution in [0.2, 0.25) is 5.02 Å².